The summed E-state index contributed by atoms with van der Waals surface area (Å²) in [6.07, 6.45) is 3.19. The third kappa shape index (κ3) is 3.32. The topological polar surface area (TPSA) is 73.7 Å². The van der Waals surface area contributed by atoms with Crippen molar-refractivity contribution in [3.05, 3.63) is 39.9 Å². The third-order valence-electron chi connectivity index (χ3n) is 4.12. The number of nitrogens with zero attached hydrogens (tertiary/aromatic N) is 3. The zero-order chi connectivity index (χ0) is 17.1. The van der Waals surface area contributed by atoms with E-state index in [1.807, 2.05) is 0 Å². The minimum atomic E-state index is -0.591. The molecule has 1 aliphatic heterocycles. The van der Waals surface area contributed by atoms with E-state index < -0.39 is 5.97 Å². The Morgan fingerprint density at radius 1 is 1.38 bits per heavy atom. The number of aromatic nitrogens is 2. The molecule has 1 fully saturated rings. The van der Waals surface area contributed by atoms with Crippen LogP contribution in [-0.2, 0) is 23.1 Å². The standard InChI is InChI=1S/C17H21N3O4/c1-3-24-17(22)14-11-19(2)15-9-18-12(8-13(15)16(14)21)10-20-4-6-23-7-5-20/h8-9,11H,3-7,10H2,1-2H3. The van der Waals surface area contributed by atoms with Crippen molar-refractivity contribution in [3.63, 3.8) is 0 Å². The average Bonchev–Trinajstić information content (AvgIpc) is 2.59. The summed E-state index contributed by atoms with van der Waals surface area (Å²) < 4.78 is 12.0. The van der Waals surface area contributed by atoms with Gasteiger partial charge in [0.25, 0.3) is 0 Å². The highest BCUT2D eigenvalue weighted by molar-refractivity contribution is 5.93. The lowest BCUT2D eigenvalue weighted by atomic mass is 10.1. The van der Waals surface area contributed by atoms with E-state index in [-0.39, 0.29) is 17.6 Å². The summed E-state index contributed by atoms with van der Waals surface area (Å²) >= 11 is 0. The molecule has 3 heterocycles. The summed E-state index contributed by atoms with van der Waals surface area (Å²) in [6.45, 7) is 5.73. The number of carbonyl (C=O) groups is 1. The molecular weight excluding hydrogens is 310 g/mol. The van der Waals surface area contributed by atoms with Crippen LogP contribution in [0.3, 0.4) is 0 Å². The Hall–Kier alpha value is -2.25. The summed E-state index contributed by atoms with van der Waals surface area (Å²) in [7, 11) is 1.79. The van der Waals surface area contributed by atoms with E-state index in [0.29, 0.717) is 30.7 Å². The van der Waals surface area contributed by atoms with E-state index in [4.69, 9.17) is 9.47 Å². The van der Waals surface area contributed by atoms with E-state index in [2.05, 4.69) is 9.88 Å². The van der Waals surface area contributed by atoms with Crippen molar-refractivity contribution in [1.82, 2.24) is 14.5 Å². The lowest BCUT2D eigenvalue weighted by Crippen LogP contribution is -2.35. The van der Waals surface area contributed by atoms with Crippen LogP contribution in [0.2, 0.25) is 0 Å². The molecule has 1 aliphatic rings. The summed E-state index contributed by atoms with van der Waals surface area (Å²) in [5.74, 6) is -0.591. The fourth-order valence-electron chi connectivity index (χ4n) is 2.85. The van der Waals surface area contributed by atoms with Gasteiger partial charge < -0.3 is 14.0 Å². The number of ether oxygens (including phenoxy) is 2. The number of pyridine rings is 2. The second-order valence-corrected chi connectivity index (χ2v) is 5.78. The lowest BCUT2D eigenvalue weighted by Gasteiger charge is -2.26. The molecule has 7 nitrogen and oxygen atoms in total. The van der Waals surface area contributed by atoms with E-state index in [9.17, 15) is 9.59 Å². The van der Waals surface area contributed by atoms with Gasteiger partial charge in [-0.3, -0.25) is 14.7 Å². The van der Waals surface area contributed by atoms with Crippen molar-refractivity contribution in [2.24, 2.45) is 7.05 Å². The summed E-state index contributed by atoms with van der Waals surface area (Å²) in [6, 6.07) is 1.77. The fraction of sp³-hybridized carbons (Fsp3) is 0.471. The number of esters is 1. The minimum absolute atomic E-state index is 0.0513. The Labute approximate surface area is 139 Å². The van der Waals surface area contributed by atoms with Gasteiger partial charge in [-0.25, -0.2) is 4.79 Å². The largest absolute Gasteiger partial charge is 0.462 e. The zero-order valence-corrected chi connectivity index (χ0v) is 13.9. The Morgan fingerprint density at radius 3 is 2.83 bits per heavy atom. The number of carbonyl (C=O) groups excluding carboxylic acids is 1. The highest BCUT2D eigenvalue weighted by Crippen LogP contribution is 2.14. The van der Waals surface area contributed by atoms with Gasteiger partial charge in [-0.15, -0.1) is 0 Å². The van der Waals surface area contributed by atoms with Gasteiger partial charge in [-0.05, 0) is 13.0 Å². The van der Waals surface area contributed by atoms with Gasteiger partial charge in [0, 0.05) is 38.3 Å². The summed E-state index contributed by atoms with van der Waals surface area (Å²) in [5.41, 5.74) is 1.24. The molecule has 0 unspecified atom stereocenters. The van der Waals surface area contributed by atoms with E-state index >= 15 is 0 Å². The summed E-state index contributed by atoms with van der Waals surface area (Å²) in [4.78, 5) is 31.3. The molecule has 0 N–H and O–H groups in total. The zero-order valence-electron chi connectivity index (χ0n) is 13.9. The predicted octanol–water partition coefficient (Wildman–Crippen LogP) is 0.942. The number of hydrogen-bond acceptors (Lipinski definition) is 6. The smallest absolute Gasteiger partial charge is 0.343 e. The Kier molecular flexibility index (Phi) is 4.92. The van der Waals surface area contributed by atoms with Crippen LogP contribution < -0.4 is 5.43 Å². The van der Waals surface area contributed by atoms with Crippen molar-refractivity contribution in [3.8, 4) is 0 Å². The normalized spacial score (nSPS) is 15.6. The van der Waals surface area contributed by atoms with Crippen LogP contribution in [0, 0.1) is 0 Å². The van der Waals surface area contributed by atoms with Crippen LogP contribution in [0.4, 0.5) is 0 Å². The molecular formula is C17H21N3O4. The van der Waals surface area contributed by atoms with Crippen LogP contribution in [0.1, 0.15) is 23.0 Å². The van der Waals surface area contributed by atoms with Crippen LogP contribution in [-0.4, -0.2) is 53.3 Å². The van der Waals surface area contributed by atoms with Crippen molar-refractivity contribution in [2.75, 3.05) is 32.9 Å². The van der Waals surface area contributed by atoms with Crippen molar-refractivity contribution in [2.45, 2.75) is 13.5 Å². The van der Waals surface area contributed by atoms with Gasteiger partial charge in [-0.2, -0.15) is 0 Å². The van der Waals surface area contributed by atoms with Crippen LogP contribution in [0.15, 0.2) is 23.3 Å². The quantitative estimate of drug-likeness (QED) is 0.777. The molecule has 2 aromatic rings. The Bertz CT molecular complexity index is 809. The number of morpholine rings is 1. The van der Waals surface area contributed by atoms with Crippen LogP contribution >= 0.6 is 0 Å². The SMILES string of the molecule is CCOC(=O)c1cn(C)c2cnc(CN3CCOCC3)cc2c1=O. The lowest BCUT2D eigenvalue weighted by molar-refractivity contribution is 0.0336. The molecule has 0 aromatic carbocycles. The predicted molar refractivity (Wildman–Crippen MR) is 89.0 cm³/mol. The average molecular weight is 331 g/mol. The second kappa shape index (κ2) is 7.11. The molecule has 0 bridgehead atoms. The van der Waals surface area contributed by atoms with Gasteiger partial charge >= 0.3 is 5.97 Å². The molecule has 7 heteroatoms. The molecule has 0 radical (unpaired) electrons. The highest BCUT2D eigenvalue weighted by Gasteiger charge is 2.17. The first-order chi connectivity index (χ1) is 11.6. The molecule has 0 aliphatic carbocycles. The minimum Gasteiger partial charge on any atom is -0.462 e. The maximum Gasteiger partial charge on any atom is 0.343 e. The van der Waals surface area contributed by atoms with Crippen molar-refractivity contribution < 1.29 is 14.3 Å². The van der Waals surface area contributed by atoms with Crippen molar-refractivity contribution >= 4 is 16.9 Å². The third-order valence-corrected chi connectivity index (χ3v) is 4.12. The molecule has 128 valence electrons. The first kappa shape index (κ1) is 16.6. The highest BCUT2D eigenvalue weighted by atomic mass is 16.5. The molecule has 0 saturated carbocycles. The fourth-order valence-corrected chi connectivity index (χ4v) is 2.85. The van der Waals surface area contributed by atoms with Gasteiger partial charge in [0.15, 0.2) is 0 Å². The number of hydrogen-bond donors (Lipinski definition) is 0. The van der Waals surface area contributed by atoms with Crippen LogP contribution in [0.25, 0.3) is 10.9 Å². The number of fused-ring (bicyclic) bond motifs is 1. The van der Waals surface area contributed by atoms with Gasteiger partial charge in [0.2, 0.25) is 5.43 Å². The molecule has 2 aromatic heterocycles. The van der Waals surface area contributed by atoms with Crippen LogP contribution in [0.5, 0.6) is 0 Å². The maximum absolute atomic E-state index is 12.7. The van der Waals surface area contributed by atoms with Gasteiger partial charge in [-0.1, -0.05) is 0 Å². The maximum atomic E-state index is 12.7. The summed E-state index contributed by atoms with van der Waals surface area (Å²) in [5, 5.41) is 0.487. The monoisotopic (exact) mass is 331 g/mol. The molecule has 24 heavy (non-hydrogen) atoms. The molecule has 1 saturated heterocycles. The molecule has 0 spiro atoms. The second-order valence-electron chi connectivity index (χ2n) is 5.78. The number of aryl methyl sites for hydroxylation is 1. The first-order valence-corrected chi connectivity index (χ1v) is 8.05. The number of rotatable bonds is 4. The van der Waals surface area contributed by atoms with E-state index in [1.54, 1.807) is 30.8 Å². The van der Waals surface area contributed by atoms with Crippen molar-refractivity contribution in [1.29, 1.82) is 0 Å². The van der Waals surface area contributed by atoms with E-state index in [0.717, 1.165) is 18.8 Å². The molecule has 0 atom stereocenters. The van der Waals surface area contributed by atoms with Gasteiger partial charge in [0.1, 0.15) is 5.56 Å². The Balaban J connectivity index is 1.99. The van der Waals surface area contributed by atoms with E-state index in [1.165, 1.54) is 6.20 Å². The molecule has 3 rings (SSSR count). The molecule has 0 amide bonds. The van der Waals surface area contributed by atoms with Gasteiger partial charge in [0.05, 0.1) is 37.2 Å². The first-order valence-electron chi connectivity index (χ1n) is 8.05. The Morgan fingerprint density at radius 2 is 2.12 bits per heavy atom.